The Balaban J connectivity index is 1.32. The molecule has 0 aromatic heterocycles. The summed E-state index contributed by atoms with van der Waals surface area (Å²) in [6.45, 7) is 17.6. The normalized spacial score (nSPS) is 34.9. The highest BCUT2D eigenvalue weighted by Crippen LogP contribution is 2.67. The van der Waals surface area contributed by atoms with Crippen molar-refractivity contribution in [2.24, 2.45) is 57.8 Å². The Morgan fingerprint density at radius 3 is 2.41 bits per heavy atom. The zero-order valence-electron chi connectivity index (χ0n) is 29.5. The van der Waals surface area contributed by atoms with Gasteiger partial charge in [0.25, 0.3) is 0 Å². The number of aliphatic hydroxyl groups excluding tert-OH is 1. The van der Waals surface area contributed by atoms with Crippen molar-refractivity contribution in [2.75, 3.05) is 39.3 Å². The summed E-state index contributed by atoms with van der Waals surface area (Å²) in [5.74, 6) is 5.19. The number of nitrogens with one attached hydrogen (secondary N) is 1. The molecule has 256 valence electrons. The second-order valence-corrected chi connectivity index (χ2v) is 16.4. The van der Waals surface area contributed by atoms with E-state index in [1.807, 2.05) is 0 Å². The van der Waals surface area contributed by atoms with Gasteiger partial charge >= 0.3 is 0 Å². The second-order valence-electron chi connectivity index (χ2n) is 16.4. The first-order valence-corrected chi connectivity index (χ1v) is 19.0. The first-order chi connectivity index (χ1) is 21.1. The van der Waals surface area contributed by atoms with Crippen LogP contribution in [0.1, 0.15) is 131 Å². The van der Waals surface area contributed by atoms with Crippen molar-refractivity contribution in [1.82, 2.24) is 10.2 Å². The fourth-order valence-electron chi connectivity index (χ4n) is 10.6. The van der Waals surface area contributed by atoms with Crippen LogP contribution < -0.4 is 16.8 Å². The second kappa shape index (κ2) is 17.1. The van der Waals surface area contributed by atoms with Crippen LogP contribution in [-0.2, 0) is 4.74 Å². The summed E-state index contributed by atoms with van der Waals surface area (Å²) in [5.41, 5.74) is 13.9. The number of allylic oxidation sites excluding steroid dienone is 1. The van der Waals surface area contributed by atoms with E-state index in [4.69, 9.17) is 16.2 Å². The molecule has 4 unspecified atom stereocenters. The Morgan fingerprint density at radius 2 is 1.66 bits per heavy atom. The molecule has 6 nitrogen and oxygen atoms in total. The molecule has 0 aromatic carbocycles. The van der Waals surface area contributed by atoms with Crippen LogP contribution in [0.25, 0.3) is 0 Å². The highest BCUT2D eigenvalue weighted by atomic mass is 16.6. The van der Waals surface area contributed by atoms with Gasteiger partial charge in [0.05, 0.1) is 6.10 Å². The number of hydrogen-bond acceptors (Lipinski definition) is 6. The number of aliphatic hydroxyl groups is 1. The lowest BCUT2D eigenvalue weighted by atomic mass is 9.47. The van der Waals surface area contributed by atoms with E-state index in [9.17, 15) is 5.11 Å². The van der Waals surface area contributed by atoms with Crippen LogP contribution in [0.5, 0.6) is 0 Å². The standard InChI is InChI=1S/C38H72N4O2/c1-28(2)11-8-12-29(3)33-15-16-34-32-14-13-30-27-31(17-19-37(30,4)35(32)18-20-38(33,34)5)44-36(43)42(26-10-22-40)25-7-6-23-41-24-9-21-39/h13,28-29,31-36,41,43H,6-12,14-27,39-40H2,1-5H3/t29-,31?,32+,33-,34+,35?,36?,37+,38?/m1/s1. The quantitative estimate of drug-likeness (QED) is 0.0705. The van der Waals surface area contributed by atoms with Crippen LogP contribution in [-0.4, -0.2) is 61.8 Å². The highest BCUT2D eigenvalue weighted by molar-refractivity contribution is 5.25. The van der Waals surface area contributed by atoms with Gasteiger partial charge in [0.15, 0.2) is 0 Å². The van der Waals surface area contributed by atoms with Gasteiger partial charge in [-0.25, -0.2) is 0 Å². The third-order valence-electron chi connectivity index (χ3n) is 13.1. The van der Waals surface area contributed by atoms with Crippen LogP contribution in [0, 0.1) is 46.3 Å². The lowest BCUT2D eigenvalue weighted by molar-refractivity contribution is -0.224. The van der Waals surface area contributed by atoms with Crippen LogP contribution in [0.15, 0.2) is 11.6 Å². The van der Waals surface area contributed by atoms with Gasteiger partial charge in [0, 0.05) is 13.1 Å². The summed E-state index contributed by atoms with van der Waals surface area (Å²) < 4.78 is 6.43. The van der Waals surface area contributed by atoms with Gasteiger partial charge < -0.3 is 26.6 Å². The number of fused-ring (bicyclic) bond motifs is 5. The number of unbranched alkanes of at least 4 members (excludes halogenated alkanes) is 1. The first-order valence-electron chi connectivity index (χ1n) is 19.0. The van der Waals surface area contributed by atoms with Crippen molar-refractivity contribution in [3.63, 3.8) is 0 Å². The third-order valence-corrected chi connectivity index (χ3v) is 13.1. The van der Waals surface area contributed by atoms with Crippen LogP contribution in [0.3, 0.4) is 0 Å². The first kappa shape index (κ1) is 36.3. The van der Waals surface area contributed by atoms with Crippen molar-refractivity contribution in [3.8, 4) is 0 Å². The van der Waals surface area contributed by atoms with E-state index in [0.717, 1.165) is 107 Å². The van der Waals surface area contributed by atoms with Gasteiger partial charge in [-0.15, -0.1) is 0 Å². The average molecular weight is 617 g/mol. The van der Waals surface area contributed by atoms with Gasteiger partial charge in [-0.1, -0.05) is 65.5 Å². The maximum Gasteiger partial charge on any atom is 0.216 e. The largest absolute Gasteiger partial charge is 0.356 e. The van der Waals surface area contributed by atoms with Gasteiger partial charge in [0.1, 0.15) is 0 Å². The molecule has 3 saturated carbocycles. The van der Waals surface area contributed by atoms with E-state index in [2.05, 4.69) is 50.9 Å². The Hall–Kier alpha value is -0.500. The van der Waals surface area contributed by atoms with E-state index in [1.165, 1.54) is 57.8 Å². The molecule has 4 aliphatic carbocycles. The fraction of sp³-hybridized carbons (Fsp3) is 0.947. The SMILES string of the molecule is CC(C)CCC[C@@H](C)[C@H]1CC[C@H]2[C@@H]3CC=C4CC(OC(O)N(CCCN)CCCCNCCCN)CC[C@]4(C)C3CCC12C. The van der Waals surface area contributed by atoms with Crippen molar-refractivity contribution < 1.29 is 9.84 Å². The molecule has 0 radical (unpaired) electrons. The van der Waals surface area contributed by atoms with E-state index in [0.29, 0.717) is 17.4 Å². The molecule has 0 heterocycles. The molecule has 0 aromatic rings. The van der Waals surface area contributed by atoms with Crippen LogP contribution in [0.4, 0.5) is 0 Å². The van der Waals surface area contributed by atoms with Gasteiger partial charge in [-0.2, -0.15) is 0 Å². The van der Waals surface area contributed by atoms with Gasteiger partial charge in [-0.3, -0.25) is 4.90 Å². The third kappa shape index (κ3) is 8.69. The van der Waals surface area contributed by atoms with E-state index >= 15 is 0 Å². The number of rotatable bonds is 19. The molecule has 0 spiro atoms. The van der Waals surface area contributed by atoms with E-state index in [1.54, 1.807) is 5.57 Å². The smallest absolute Gasteiger partial charge is 0.216 e. The van der Waals surface area contributed by atoms with Crippen molar-refractivity contribution in [1.29, 1.82) is 0 Å². The molecule has 0 bridgehead atoms. The Morgan fingerprint density at radius 1 is 0.909 bits per heavy atom. The molecule has 3 fully saturated rings. The summed E-state index contributed by atoms with van der Waals surface area (Å²) in [5, 5.41) is 14.7. The molecule has 9 atom stereocenters. The van der Waals surface area contributed by atoms with Crippen LogP contribution >= 0.6 is 0 Å². The summed E-state index contributed by atoms with van der Waals surface area (Å²) in [4.78, 5) is 2.11. The number of nitrogens with zero attached hydrogens (tertiary/aromatic N) is 1. The highest BCUT2D eigenvalue weighted by Gasteiger charge is 2.59. The number of ether oxygens (including phenoxy) is 1. The Bertz CT molecular complexity index is 881. The number of hydrogen-bond donors (Lipinski definition) is 4. The monoisotopic (exact) mass is 617 g/mol. The van der Waals surface area contributed by atoms with E-state index in [-0.39, 0.29) is 6.10 Å². The molecule has 4 aliphatic rings. The predicted octanol–water partition coefficient (Wildman–Crippen LogP) is 7.06. The van der Waals surface area contributed by atoms with Crippen molar-refractivity contribution in [3.05, 3.63) is 11.6 Å². The van der Waals surface area contributed by atoms with Crippen molar-refractivity contribution >= 4 is 0 Å². The van der Waals surface area contributed by atoms with Gasteiger partial charge in [-0.05, 0) is 150 Å². The number of nitrogens with two attached hydrogens (primary N) is 2. The fourth-order valence-corrected chi connectivity index (χ4v) is 10.6. The molecule has 4 rings (SSSR count). The van der Waals surface area contributed by atoms with Gasteiger partial charge in [0.2, 0.25) is 6.41 Å². The van der Waals surface area contributed by atoms with Crippen molar-refractivity contribution in [2.45, 2.75) is 143 Å². The lowest BCUT2D eigenvalue weighted by Crippen LogP contribution is -2.51. The molecule has 44 heavy (non-hydrogen) atoms. The molecule has 0 aliphatic heterocycles. The molecular formula is C38H72N4O2. The molecular weight excluding hydrogens is 544 g/mol. The molecule has 0 saturated heterocycles. The van der Waals surface area contributed by atoms with E-state index < -0.39 is 6.41 Å². The Labute approximate surface area is 271 Å². The Kier molecular flexibility index (Phi) is 14.1. The molecule has 6 heteroatoms. The summed E-state index contributed by atoms with van der Waals surface area (Å²) in [6.07, 6.45) is 20.4. The summed E-state index contributed by atoms with van der Waals surface area (Å²) in [6, 6.07) is 0. The molecule has 6 N–H and O–H groups in total. The lowest BCUT2D eigenvalue weighted by Gasteiger charge is -2.58. The zero-order valence-corrected chi connectivity index (χ0v) is 29.5. The average Bonchev–Trinajstić information content (AvgIpc) is 3.35. The summed E-state index contributed by atoms with van der Waals surface area (Å²) >= 11 is 0. The van der Waals surface area contributed by atoms with Crippen LogP contribution in [0.2, 0.25) is 0 Å². The minimum absolute atomic E-state index is 0.107. The maximum absolute atomic E-state index is 11.2. The minimum Gasteiger partial charge on any atom is -0.356 e. The maximum atomic E-state index is 11.2. The summed E-state index contributed by atoms with van der Waals surface area (Å²) in [7, 11) is 0. The predicted molar refractivity (Wildman–Crippen MR) is 185 cm³/mol. The minimum atomic E-state index is -0.841. The molecule has 0 amide bonds. The zero-order chi connectivity index (χ0) is 31.7. The topological polar surface area (TPSA) is 96.8 Å².